The Bertz CT molecular complexity index is 1690. The van der Waals surface area contributed by atoms with Crippen LogP contribution in [0.25, 0.3) is 21.8 Å². The van der Waals surface area contributed by atoms with Crippen LogP contribution in [-0.2, 0) is 6.18 Å². The van der Waals surface area contributed by atoms with Gasteiger partial charge in [0, 0.05) is 11.1 Å². The number of rotatable bonds is 3. The molecule has 0 aliphatic rings. The fourth-order valence-electron chi connectivity index (χ4n) is 4.19. The van der Waals surface area contributed by atoms with Crippen molar-refractivity contribution in [3.8, 4) is 11.6 Å². The van der Waals surface area contributed by atoms with Gasteiger partial charge in [0.2, 0.25) is 5.88 Å². The third-order valence-electron chi connectivity index (χ3n) is 6.17. The van der Waals surface area contributed by atoms with E-state index in [9.17, 15) is 18.0 Å². The largest absolute Gasteiger partial charge is 0.435 e. The second-order valence-electron chi connectivity index (χ2n) is 8.64. The highest BCUT2D eigenvalue weighted by Crippen LogP contribution is 2.36. The first kappa shape index (κ1) is 24.2. The number of halogens is 4. The summed E-state index contributed by atoms with van der Waals surface area (Å²) in [4.78, 5) is 21.4. The van der Waals surface area contributed by atoms with Crippen molar-refractivity contribution in [2.24, 2.45) is 0 Å². The number of amides is 1. The molecule has 1 N–H and O–H groups in total. The number of hydrogen-bond donors (Lipinski definition) is 1. The molecular weight excluding hydrogens is 488 g/mol. The molecule has 3 aromatic carbocycles. The Labute approximate surface area is 208 Å². The summed E-state index contributed by atoms with van der Waals surface area (Å²) in [7, 11) is 0. The van der Waals surface area contributed by atoms with Crippen LogP contribution in [0.5, 0.6) is 11.6 Å². The zero-order valence-electron chi connectivity index (χ0n) is 19.9. The summed E-state index contributed by atoms with van der Waals surface area (Å²) in [5.41, 5.74) is 1.79. The number of ether oxygens (including phenoxy) is 1. The van der Waals surface area contributed by atoms with E-state index in [0.717, 1.165) is 27.8 Å². The molecule has 2 heterocycles. The van der Waals surface area contributed by atoms with Gasteiger partial charge in [0.05, 0.1) is 27.7 Å². The van der Waals surface area contributed by atoms with E-state index in [1.807, 2.05) is 26.0 Å². The highest BCUT2D eigenvalue weighted by molar-refractivity contribution is 6.00. The van der Waals surface area contributed by atoms with Crippen LogP contribution >= 0.6 is 0 Å². The lowest BCUT2D eigenvalue weighted by molar-refractivity contribution is -0.136. The van der Waals surface area contributed by atoms with Crippen molar-refractivity contribution in [2.45, 2.75) is 26.9 Å². The van der Waals surface area contributed by atoms with Gasteiger partial charge in [-0.05, 0) is 74.4 Å². The molecule has 0 radical (unpaired) electrons. The molecule has 0 unspecified atom stereocenters. The minimum Gasteiger partial charge on any atom is -0.435 e. The van der Waals surface area contributed by atoms with Gasteiger partial charge < -0.3 is 10.1 Å². The molecule has 6 nitrogen and oxygen atoms in total. The van der Waals surface area contributed by atoms with Crippen molar-refractivity contribution in [2.75, 3.05) is 5.32 Å². The molecule has 188 valence electrons. The van der Waals surface area contributed by atoms with Crippen LogP contribution in [0.15, 0.2) is 60.9 Å². The molecular formula is C27H20F4N4O2. The Balaban J connectivity index is 1.52. The first-order valence-electron chi connectivity index (χ1n) is 11.2. The maximum Gasteiger partial charge on any atom is 0.418 e. The quantitative estimate of drug-likeness (QED) is 0.256. The van der Waals surface area contributed by atoms with Crippen molar-refractivity contribution in [1.82, 2.24) is 14.5 Å². The van der Waals surface area contributed by atoms with Gasteiger partial charge in [0.1, 0.15) is 6.33 Å². The molecule has 0 spiro atoms. The number of hydrogen-bond acceptors (Lipinski definition) is 4. The van der Waals surface area contributed by atoms with E-state index < -0.39 is 29.3 Å². The van der Waals surface area contributed by atoms with Crippen molar-refractivity contribution >= 4 is 33.5 Å². The summed E-state index contributed by atoms with van der Waals surface area (Å²) in [6, 6.07) is 11.8. The van der Waals surface area contributed by atoms with Gasteiger partial charge in [-0.2, -0.15) is 13.2 Å². The van der Waals surface area contributed by atoms with Gasteiger partial charge >= 0.3 is 12.2 Å². The Morgan fingerprint density at radius 2 is 1.68 bits per heavy atom. The van der Waals surface area contributed by atoms with Crippen LogP contribution in [0.1, 0.15) is 22.4 Å². The topological polar surface area (TPSA) is 69.0 Å². The smallest absolute Gasteiger partial charge is 0.418 e. The normalized spacial score (nSPS) is 11.8. The Kier molecular flexibility index (Phi) is 5.82. The molecule has 5 aromatic rings. The summed E-state index contributed by atoms with van der Waals surface area (Å²) in [6.07, 6.45) is -3.33. The SMILES string of the molecule is Cc1cc2ncnc(Oc3ccc4c(cc(C)n4C(=O)Nc4ccccc4C(F)(F)F)c3F)c2cc1C. The van der Waals surface area contributed by atoms with E-state index in [0.29, 0.717) is 16.6 Å². The van der Waals surface area contributed by atoms with E-state index in [-0.39, 0.29) is 22.5 Å². The Hall–Kier alpha value is -4.47. The number of carbonyl (C=O) groups is 1. The highest BCUT2D eigenvalue weighted by atomic mass is 19.4. The standard InChI is InChI=1S/C27H20F4N4O2/c1-14-10-17-21(11-15(14)2)32-13-33-25(17)37-23-9-8-22-18(24(23)28)12-16(3)35(22)26(36)34-20-7-5-4-6-19(20)27(29,30)31/h4-13H,1-3H3,(H,34,36). The van der Waals surface area contributed by atoms with Gasteiger partial charge in [-0.3, -0.25) is 4.57 Å². The third kappa shape index (κ3) is 4.35. The van der Waals surface area contributed by atoms with E-state index >= 15 is 4.39 Å². The van der Waals surface area contributed by atoms with Gasteiger partial charge in [-0.15, -0.1) is 0 Å². The average molecular weight is 508 g/mol. The van der Waals surface area contributed by atoms with Crippen molar-refractivity contribution in [3.05, 3.63) is 89.1 Å². The predicted molar refractivity (Wildman–Crippen MR) is 132 cm³/mol. The number of alkyl halides is 3. The molecule has 0 saturated carbocycles. The fourth-order valence-corrected chi connectivity index (χ4v) is 4.19. The third-order valence-corrected chi connectivity index (χ3v) is 6.17. The zero-order valence-corrected chi connectivity index (χ0v) is 19.9. The molecule has 2 aromatic heterocycles. The lowest BCUT2D eigenvalue weighted by Crippen LogP contribution is -2.22. The first-order chi connectivity index (χ1) is 17.5. The van der Waals surface area contributed by atoms with Crippen LogP contribution < -0.4 is 10.1 Å². The van der Waals surface area contributed by atoms with E-state index in [4.69, 9.17) is 4.74 Å². The molecule has 0 fully saturated rings. The van der Waals surface area contributed by atoms with Crippen molar-refractivity contribution < 1.29 is 27.1 Å². The first-order valence-corrected chi connectivity index (χ1v) is 11.2. The molecule has 0 saturated heterocycles. The number of fused-ring (bicyclic) bond motifs is 2. The number of anilines is 1. The van der Waals surface area contributed by atoms with Crippen LogP contribution in [-0.4, -0.2) is 20.6 Å². The second kappa shape index (κ2) is 8.88. The molecule has 0 bridgehead atoms. The van der Waals surface area contributed by atoms with Gasteiger partial charge in [-0.25, -0.2) is 19.2 Å². The minimum absolute atomic E-state index is 0.0691. The molecule has 0 aliphatic carbocycles. The van der Waals surface area contributed by atoms with Crippen LogP contribution in [0.2, 0.25) is 0 Å². The zero-order chi connectivity index (χ0) is 26.5. The minimum atomic E-state index is -4.65. The molecule has 0 aliphatic heterocycles. The number of nitrogens with zero attached hydrogens (tertiary/aromatic N) is 3. The molecule has 5 rings (SSSR count). The summed E-state index contributed by atoms with van der Waals surface area (Å²) in [5, 5.41) is 2.97. The van der Waals surface area contributed by atoms with Crippen LogP contribution in [0.4, 0.5) is 28.0 Å². The van der Waals surface area contributed by atoms with Crippen LogP contribution in [0, 0.1) is 26.6 Å². The summed E-state index contributed by atoms with van der Waals surface area (Å²) >= 11 is 0. The fraction of sp³-hybridized carbons (Fsp3) is 0.148. The molecule has 0 atom stereocenters. The number of benzene rings is 3. The second-order valence-corrected chi connectivity index (χ2v) is 8.64. The van der Waals surface area contributed by atoms with Crippen molar-refractivity contribution in [3.63, 3.8) is 0 Å². The lowest BCUT2D eigenvalue weighted by Gasteiger charge is -2.15. The van der Waals surface area contributed by atoms with Gasteiger partial charge in [0.15, 0.2) is 11.6 Å². The number of aromatic nitrogens is 3. The Morgan fingerprint density at radius 1 is 0.946 bits per heavy atom. The van der Waals surface area contributed by atoms with E-state index in [2.05, 4.69) is 15.3 Å². The molecule has 37 heavy (non-hydrogen) atoms. The highest BCUT2D eigenvalue weighted by Gasteiger charge is 2.34. The average Bonchev–Trinajstić information content (AvgIpc) is 3.18. The maximum absolute atomic E-state index is 15.5. The predicted octanol–water partition coefficient (Wildman–Crippen LogP) is 7.54. The summed E-state index contributed by atoms with van der Waals surface area (Å²) in [6.45, 7) is 5.44. The van der Waals surface area contributed by atoms with Crippen LogP contribution in [0.3, 0.4) is 0 Å². The Morgan fingerprint density at radius 3 is 2.43 bits per heavy atom. The van der Waals surface area contributed by atoms with Gasteiger partial charge in [0.25, 0.3) is 0 Å². The summed E-state index contributed by atoms with van der Waals surface area (Å²) in [5.74, 6) is -0.687. The van der Waals surface area contributed by atoms with Gasteiger partial charge in [-0.1, -0.05) is 12.1 Å². The number of nitrogens with one attached hydrogen (secondary N) is 1. The number of para-hydroxylation sites is 1. The summed E-state index contributed by atoms with van der Waals surface area (Å²) < 4.78 is 62.6. The van der Waals surface area contributed by atoms with E-state index in [1.54, 1.807) is 6.92 Å². The molecule has 10 heteroatoms. The van der Waals surface area contributed by atoms with Crippen molar-refractivity contribution in [1.29, 1.82) is 0 Å². The lowest BCUT2D eigenvalue weighted by atomic mass is 10.1. The number of carbonyl (C=O) groups excluding carboxylic acids is 1. The van der Waals surface area contributed by atoms with E-state index in [1.165, 1.54) is 36.7 Å². The monoisotopic (exact) mass is 508 g/mol. The molecule has 1 amide bonds. The maximum atomic E-state index is 15.5. The number of aryl methyl sites for hydroxylation is 3.